The second-order valence-electron chi connectivity index (χ2n) is 22.4. The van der Waals surface area contributed by atoms with E-state index in [-0.39, 0.29) is 32.0 Å². The third-order valence-electron chi connectivity index (χ3n) is 14.0. The summed E-state index contributed by atoms with van der Waals surface area (Å²) in [5, 5.41) is 0. The average molecular weight is 1040 g/mol. The first kappa shape index (κ1) is 70.5. The van der Waals surface area contributed by atoms with Gasteiger partial charge in [0, 0.05) is 12.8 Å². The van der Waals surface area contributed by atoms with Crippen LogP contribution in [0.1, 0.15) is 309 Å². The van der Waals surface area contributed by atoms with Gasteiger partial charge in [-0.2, -0.15) is 0 Å². The number of rotatable bonds is 58. The van der Waals surface area contributed by atoms with Gasteiger partial charge in [-0.25, -0.2) is 4.57 Å². The molecule has 10 heteroatoms. The van der Waals surface area contributed by atoms with Gasteiger partial charge in [-0.05, 0) is 57.8 Å². The van der Waals surface area contributed by atoms with Crippen LogP contribution in [0, 0.1) is 0 Å². The molecule has 2 atom stereocenters. The number of carbonyl (C=O) groups excluding carboxylic acids is 2. The SMILES string of the molecule is CCCC/C=C\CCCCCCCC(=O)OCC(COP(=O)(O)OCC[N+](C)(C)C)OC(=O)CCCCCCCCCCCCCCCCCCCCCCCCCCC/C=C\CCCCCCCCCC. The van der Waals surface area contributed by atoms with Crippen molar-refractivity contribution in [3.63, 3.8) is 0 Å². The molecule has 0 heterocycles. The molecule has 426 valence electrons. The molecule has 0 aliphatic carbocycles. The number of nitrogens with zero attached hydrogens (tertiary/aromatic N) is 1. The molecule has 0 aliphatic heterocycles. The van der Waals surface area contributed by atoms with Gasteiger partial charge in [0.25, 0.3) is 0 Å². The molecule has 0 rings (SSSR count). The minimum Gasteiger partial charge on any atom is -0.462 e. The Bertz CT molecular complexity index is 1270. The fourth-order valence-electron chi connectivity index (χ4n) is 9.11. The van der Waals surface area contributed by atoms with E-state index < -0.39 is 26.5 Å². The van der Waals surface area contributed by atoms with Gasteiger partial charge < -0.3 is 18.9 Å². The number of allylic oxidation sites excluding steroid dienone is 4. The maximum absolute atomic E-state index is 12.8. The third kappa shape index (κ3) is 57.8. The van der Waals surface area contributed by atoms with Crippen LogP contribution >= 0.6 is 7.82 Å². The summed E-state index contributed by atoms with van der Waals surface area (Å²) in [7, 11) is 1.49. The van der Waals surface area contributed by atoms with Crippen molar-refractivity contribution in [2.24, 2.45) is 0 Å². The minimum absolute atomic E-state index is 0.0331. The number of hydrogen-bond acceptors (Lipinski definition) is 7. The third-order valence-corrected chi connectivity index (χ3v) is 14.9. The van der Waals surface area contributed by atoms with Gasteiger partial charge in [0.2, 0.25) is 0 Å². The van der Waals surface area contributed by atoms with Crippen LogP contribution in [0.2, 0.25) is 0 Å². The van der Waals surface area contributed by atoms with E-state index in [0.717, 1.165) is 57.8 Å². The van der Waals surface area contributed by atoms with Crippen molar-refractivity contribution in [1.29, 1.82) is 0 Å². The standard InChI is InChI=1S/C62H120NO8P/c1-6-8-10-12-14-16-18-19-20-21-22-23-24-25-26-27-28-29-30-31-32-33-34-35-36-37-38-39-40-41-42-43-45-47-49-51-53-55-62(65)71-60(59-70-72(66,67)69-57-56-63(3,4)5)58-68-61(64)54-52-50-48-46-44-17-15-13-11-9-7-2/h13,15,21-22,60H,6-12,14,16-20,23-59H2,1-5H3/p+1/b15-13-,22-21-. The average Bonchev–Trinajstić information content (AvgIpc) is 3.34. The molecular formula is C62H121NO8P+. The highest BCUT2D eigenvalue weighted by Crippen LogP contribution is 2.43. The van der Waals surface area contributed by atoms with Crippen LogP contribution in [0.15, 0.2) is 24.3 Å². The summed E-state index contributed by atoms with van der Waals surface area (Å²) in [5.41, 5.74) is 0. The second kappa shape index (κ2) is 54.3. The Morgan fingerprint density at radius 2 is 0.722 bits per heavy atom. The highest BCUT2D eigenvalue weighted by molar-refractivity contribution is 7.47. The van der Waals surface area contributed by atoms with E-state index in [2.05, 4.69) is 38.2 Å². The molecule has 0 aliphatic rings. The van der Waals surface area contributed by atoms with E-state index in [1.807, 2.05) is 21.1 Å². The maximum Gasteiger partial charge on any atom is 0.472 e. The summed E-state index contributed by atoms with van der Waals surface area (Å²) < 4.78 is 34.5. The smallest absolute Gasteiger partial charge is 0.462 e. The van der Waals surface area contributed by atoms with Crippen molar-refractivity contribution in [3.8, 4) is 0 Å². The Morgan fingerprint density at radius 1 is 0.417 bits per heavy atom. The van der Waals surface area contributed by atoms with Gasteiger partial charge in [0.05, 0.1) is 27.7 Å². The number of unbranched alkanes of at least 4 members (excludes halogenated alkanes) is 40. The molecule has 72 heavy (non-hydrogen) atoms. The molecule has 1 N–H and O–H groups in total. The molecule has 0 aromatic heterocycles. The molecular weight excluding hydrogens is 918 g/mol. The maximum atomic E-state index is 12.8. The van der Waals surface area contributed by atoms with Crippen LogP contribution in [0.4, 0.5) is 0 Å². The highest BCUT2D eigenvalue weighted by atomic mass is 31.2. The van der Waals surface area contributed by atoms with E-state index in [1.165, 1.54) is 218 Å². The van der Waals surface area contributed by atoms with E-state index >= 15 is 0 Å². The first-order valence-electron chi connectivity index (χ1n) is 31.1. The van der Waals surface area contributed by atoms with Gasteiger partial charge in [-0.3, -0.25) is 18.6 Å². The van der Waals surface area contributed by atoms with E-state index in [4.69, 9.17) is 18.5 Å². The molecule has 0 saturated carbocycles. The lowest BCUT2D eigenvalue weighted by atomic mass is 10.0. The molecule has 0 aromatic carbocycles. The topological polar surface area (TPSA) is 108 Å². The lowest BCUT2D eigenvalue weighted by molar-refractivity contribution is -0.870. The van der Waals surface area contributed by atoms with Crippen molar-refractivity contribution < 1.29 is 42.1 Å². The molecule has 0 saturated heterocycles. The summed E-state index contributed by atoms with van der Waals surface area (Å²) in [6.45, 7) is 4.42. The van der Waals surface area contributed by atoms with Gasteiger partial charge in [-0.1, -0.05) is 263 Å². The molecule has 0 fully saturated rings. The first-order valence-corrected chi connectivity index (χ1v) is 32.6. The summed E-state index contributed by atoms with van der Waals surface area (Å²) in [6.07, 6.45) is 65.8. The van der Waals surface area contributed by atoms with Crippen LogP contribution in [0.5, 0.6) is 0 Å². The number of phosphoric acid groups is 1. The molecule has 0 spiro atoms. The lowest BCUT2D eigenvalue weighted by Crippen LogP contribution is -2.37. The highest BCUT2D eigenvalue weighted by Gasteiger charge is 2.27. The minimum atomic E-state index is -4.38. The zero-order valence-corrected chi connectivity index (χ0v) is 49.3. The molecule has 2 unspecified atom stereocenters. The quantitative estimate of drug-likeness (QED) is 0.0211. The summed E-state index contributed by atoms with van der Waals surface area (Å²) in [5.74, 6) is -0.795. The number of hydrogen-bond donors (Lipinski definition) is 1. The summed E-state index contributed by atoms with van der Waals surface area (Å²) in [6, 6.07) is 0. The fourth-order valence-corrected chi connectivity index (χ4v) is 9.85. The predicted molar refractivity (Wildman–Crippen MR) is 307 cm³/mol. The van der Waals surface area contributed by atoms with E-state index in [9.17, 15) is 19.0 Å². The second-order valence-corrected chi connectivity index (χ2v) is 23.9. The Hall–Kier alpha value is -1.51. The Morgan fingerprint density at radius 3 is 1.07 bits per heavy atom. The van der Waals surface area contributed by atoms with Gasteiger partial charge in [-0.15, -0.1) is 0 Å². The number of quaternary nitrogens is 1. The monoisotopic (exact) mass is 1040 g/mol. The zero-order valence-electron chi connectivity index (χ0n) is 48.4. The molecule has 0 bridgehead atoms. The number of ether oxygens (including phenoxy) is 2. The molecule has 0 amide bonds. The predicted octanol–water partition coefficient (Wildman–Crippen LogP) is 19.4. The van der Waals surface area contributed by atoms with Crippen molar-refractivity contribution in [2.45, 2.75) is 315 Å². The lowest BCUT2D eigenvalue weighted by Gasteiger charge is -2.24. The van der Waals surface area contributed by atoms with Crippen LogP contribution in [-0.4, -0.2) is 74.9 Å². The summed E-state index contributed by atoms with van der Waals surface area (Å²) >= 11 is 0. The largest absolute Gasteiger partial charge is 0.472 e. The van der Waals surface area contributed by atoms with Crippen LogP contribution < -0.4 is 0 Å². The number of carbonyl (C=O) groups is 2. The normalized spacial score (nSPS) is 13.4. The van der Waals surface area contributed by atoms with Crippen molar-refractivity contribution in [2.75, 3.05) is 47.5 Å². The molecule has 0 radical (unpaired) electrons. The van der Waals surface area contributed by atoms with E-state index in [0.29, 0.717) is 17.4 Å². The van der Waals surface area contributed by atoms with E-state index in [1.54, 1.807) is 0 Å². The van der Waals surface area contributed by atoms with Crippen molar-refractivity contribution in [1.82, 2.24) is 0 Å². The van der Waals surface area contributed by atoms with Gasteiger partial charge >= 0.3 is 19.8 Å². The Kier molecular flexibility index (Phi) is 53.1. The van der Waals surface area contributed by atoms with Gasteiger partial charge in [0.15, 0.2) is 6.10 Å². The number of esters is 2. The number of likely N-dealkylation sites (N-methyl/N-ethyl adjacent to an activating group) is 1. The molecule has 0 aromatic rings. The van der Waals surface area contributed by atoms with Crippen LogP contribution in [0.3, 0.4) is 0 Å². The fraction of sp³-hybridized carbons (Fsp3) is 0.903. The van der Waals surface area contributed by atoms with Crippen LogP contribution in [-0.2, 0) is 32.7 Å². The van der Waals surface area contributed by atoms with Gasteiger partial charge in [0.1, 0.15) is 19.8 Å². The zero-order chi connectivity index (χ0) is 52.7. The first-order chi connectivity index (χ1) is 35.0. The molecule has 9 nitrogen and oxygen atoms in total. The summed E-state index contributed by atoms with van der Waals surface area (Å²) in [4.78, 5) is 35.5. The number of phosphoric ester groups is 1. The van der Waals surface area contributed by atoms with Crippen LogP contribution in [0.25, 0.3) is 0 Å². The Labute approximate surface area is 447 Å². The van der Waals surface area contributed by atoms with Crippen molar-refractivity contribution in [3.05, 3.63) is 24.3 Å². The van der Waals surface area contributed by atoms with Crippen molar-refractivity contribution >= 4 is 19.8 Å². The Balaban J connectivity index is 3.85.